The van der Waals surface area contributed by atoms with E-state index in [0.717, 1.165) is 0 Å². The van der Waals surface area contributed by atoms with E-state index in [4.69, 9.17) is 9.79 Å². The molecular weight excluding hydrogens is 282 g/mol. The Bertz CT molecular complexity index is 285. The molecule has 0 heterocycles. The van der Waals surface area contributed by atoms with Crippen LogP contribution in [0.4, 0.5) is 9.59 Å². The molecule has 10 nitrogen and oxygen atoms in total. The van der Waals surface area contributed by atoms with Crippen LogP contribution >= 0.6 is 15.2 Å². The average Bonchev–Trinajstić information content (AvgIpc) is 1.83. The minimum absolute atomic E-state index is 0. The van der Waals surface area contributed by atoms with Gasteiger partial charge >= 0.3 is 37.7 Å². The van der Waals surface area contributed by atoms with Crippen LogP contribution in [0.5, 0.6) is 0 Å². The van der Waals surface area contributed by atoms with E-state index in [2.05, 4.69) is 11.5 Å². The molecule has 0 bridgehead atoms. The molecule has 0 aromatic rings. The molecule has 0 aromatic heterocycles. The van der Waals surface area contributed by atoms with Crippen LogP contribution in [-0.4, -0.2) is 58.8 Å². The smallest absolute Gasteiger partial charge is 0.772 e. The largest absolute Gasteiger partial charge is 2.00 e. The summed E-state index contributed by atoms with van der Waals surface area (Å²) in [5.74, 6) is 0. The molecule has 6 N–H and O–H groups in total. The Hall–Kier alpha value is 0.500. The Morgan fingerprint density at radius 1 is 0.933 bits per heavy atom. The molecule has 0 aliphatic carbocycles. The first-order valence-corrected chi connectivity index (χ1v) is 5.72. The number of carbonyl (C=O) groups is 2. The van der Waals surface area contributed by atoms with Gasteiger partial charge in [0.2, 0.25) is 15.2 Å². The molecule has 0 saturated heterocycles. The van der Waals surface area contributed by atoms with Crippen LogP contribution in [0.2, 0.25) is 0 Å². The fourth-order valence-corrected chi connectivity index (χ4v) is 0. The monoisotopic (exact) mass is 288 g/mol. The summed E-state index contributed by atoms with van der Waals surface area (Å²) in [6.45, 7) is 0. The zero-order valence-corrected chi connectivity index (χ0v) is 11.1. The van der Waals surface area contributed by atoms with E-state index in [0.29, 0.717) is 0 Å². The van der Waals surface area contributed by atoms with Gasteiger partial charge in [-0.25, -0.2) is 0 Å². The van der Waals surface area contributed by atoms with Crippen molar-refractivity contribution in [3.8, 4) is 0 Å². The second-order valence-electron chi connectivity index (χ2n) is 1.72. The van der Waals surface area contributed by atoms with Crippen LogP contribution < -0.4 is 21.3 Å². The molecule has 84 valence electrons. The van der Waals surface area contributed by atoms with E-state index in [9.17, 15) is 28.5 Å². The van der Waals surface area contributed by atoms with Gasteiger partial charge in [-0.05, 0) is 0 Å². The topological polar surface area (TPSA) is 207 Å². The molecular formula is C2H6CaN2O8P2. The Morgan fingerprint density at radius 2 is 1.00 bits per heavy atom. The summed E-state index contributed by atoms with van der Waals surface area (Å²) in [5.41, 5.74) is 4.81. The van der Waals surface area contributed by atoms with Gasteiger partial charge in [0.1, 0.15) is 0 Å². The summed E-state index contributed by atoms with van der Waals surface area (Å²) in [6.07, 6.45) is 0. The van der Waals surface area contributed by atoms with Crippen molar-refractivity contribution in [2.24, 2.45) is 11.5 Å². The third-order valence-electron chi connectivity index (χ3n) is 0.557. The number of rotatable bonds is 2. The third-order valence-corrected chi connectivity index (χ3v) is 1.67. The maximum absolute atomic E-state index is 9.44. The molecule has 0 spiro atoms. The van der Waals surface area contributed by atoms with Crippen molar-refractivity contribution in [1.29, 1.82) is 0 Å². The van der Waals surface area contributed by atoms with Gasteiger partial charge in [-0.1, -0.05) is 0 Å². The van der Waals surface area contributed by atoms with E-state index in [1.807, 2.05) is 0 Å². The molecule has 2 unspecified atom stereocenters. The van der Waals surface area contributed by atoms with Gasteiger partial charge in [-0.3, -0.25) is 18.7 Å². The molecule has 0 radical (unpaired) electrons. The van der Waals surface area contributed by atoms with Crippen LogP contribution in [0.3, 0.4) is 0 Å². The number of amides is 2. The minimum Gasteiger partial charge on any atom is -0.772 e. The van der Waals surface area contributed by atoms with Gasteiger partial charge in [0.15, 0.2) is 0 Å². The first kappa shape index (κ1) is 20.9. The molecule has 0 aliphatic heterocycles. The molecule has 2 amide bonds. The van der Waals surface area contributed by atoms with Crippen LogP contribution in [0.1, 0.15) is 0 Å². The van der Waals surface area contributed by atoms with Gasteiger partial charge in [-0.15, -0.1) is 0 Å². The quantitative estimate of drug-likeness (QED) is 0.300. The van der Waals surface area contributed by atoms with Crippen LogP contribution in [0.15, 0.2) is 0 Å². The normalized spacial score (nSPS) is 16.8. The summed E-state index contributed by atoms with van der Waals surface area (Å²) in [4.78, 5) is 53.0. The predicted molar refractivity (Wildman–Crippen MR) is 44.6 cm³/mol. The van der Waals surface area contributed by atoms with E-state index < -0.39 is 26.5 Å². The molecule has 0 aromatic carbocycles. The molecule has 0 aliphatic rings. The van der Waals surface area contributed by atoms with Crippen LogP contribution in [-0.2, 0) is 9.13 Å². The molecule has 2 atom stereocenters. The first-order chi connectivity index (χ1) is 5.89. The average molecular weight is 288 g/mol. The number of carbonyl (C=O) groups excluding carboxylic acids is 2. The SMILES string of the molecule is NC(=O)P(=O)([O-])O.NC(=O)P(=O)([O-])O.[Ca+2]. The first-order valence-electron chi connectivity index (χ1n) is 2.56. The van der Waals surface area contributed by atoms with Gasteiger partial charge in [0.05, 0.1) is 0 Å². The second-order valence-corrected chi connectivity index (χ2v) is 4.68. The van der Waals surface area contributed by atoms with Crippen molar-refractivity contribution >= 4 is 64.2 Å². The Morgan fingerprint density at radius 3 is 1.00 bits per heavy atom. The van der Waals surface area contributed by atoms with Crippen molar-refractivity contribution in [3.05, 3.63) is 0 Å². The Labute approximate surface area is 113 Å². The fourth-order valence-electron chi connectivity index (χ4n) is 0. The third kappa shape index (κ3) is 14.5. The van der Waals surface area contributed by atoms with Crippen molar-refractivity contribution < 1.29 is 38.3 Å². The second kappa shape index (κ2) is 7.72. The van der Waals surface area contributed by atoms with Crippen molar-refractivity contribution in [2.45, 2.75) is 0 Å². The molecule has 0 saturated carbocycles. The van der Waals surface area contributed by atoms with Gasteiger partial charge < -0.3 is 31.0 Å². The van der Waals surface area contributed by atoms with E-state index in [-0.39, 0.29) is 37.7 Å². The number of primary amides is 2. The van der Waals surface area contributed by atoms with E-state index in [1.54, 1.807) is 0 Å². The molecule has 0 rings (SSSR count). The van der Waals surface area contributed by atoms with Crippen molar-refractivity contribution in [2.75, 3.05) is 0 Å². The molecule has 13 heteroatoms. The zero-order chi connectivity index (χ0) is 12.2. The summed E-state index contributed by atoms with van der Waals surface area (Å²) < 4.78 is 18.9. The van der Waals surface area contributed by atoms with Crippen LogP contribution in [0.25, 0.3) is 0 Å². The van der Waals surface area contributed by atoms with Gasteiger partial charge in [0.25, 0.3) is 11.3 Å². The van der Waals surface area contributed by atoms with Crippen molar-refractivity contribution in [3.63, 3.8) is 0 Å². The van der Waals surface area contributed by atoms with Crippen molar-refractivity contribution in [1.82, 2.24) is 0 Å². The standard InChI is InChI=1S/2CH4NO4P.Ca/c2*2-1(3)7(4,5)6;/h2*(H2,2,3)(H2,4,5,6);/q;;+2/p-2. The Balaban J connectivity index is -0.000000180. The van der Waals surface area contributed by atoms with Crippen LogP contribution in [0, 0.1) is 0 Å². The fraction of sp³-hybridized carbons (Fsp3) is 0. The molecule has 15 heavy (non-hydrogen) atoms. The summed E-state index contributed by atoms with van der Waals surface area (Å²) in [6, 6.07) is 0. The number of hydrogen-bond acceptors (Lipinski definition) is 6. The minimum atomic E-state index is -4.85. The molecule has 0 fully saturated rings. The number of hydrogen-bond donors (Lipinski definition) is 4. The van der Waals surface area contributed by atoms with E-state index in [1.165, 1.54) is 0 Å². The maximum atomic E-state index is 9.44. The summed E-state index contributed by atoms with van der Waals surface area (Å²) in [5, 5.41) is 0. The predicted octanol–water partition coefficient (Wildman–Crippen LogP) is -3.16. The summed E-state index contributed by atoms with van der Waals surface area (Å²) >= 11 is 0. The number of nitrogens with two attached hydrogens (primary N) is 2. The van der Waals surface area contributed by atoms with Gasteiger partial charge in [0, 0.05) is 0 Å². The summed E-state index contributed by atoms with van der Waals surface area (Å²) in [7, 11) is -9.70. The van der Waals surface area contributed by atoms with E-state index >= 15 is 0 Å². The zero-order valence-electron chi connectivity index (χ0n) is 7.10. The van der Waals surface area contributed by atoms with Gasteiger partial charge in [-0.2, -0.15) is 0 Å². The Kier molecular flexibility index (Phi) is 10.7. The maximum Gasteiger partial charge on any atom is 2.00 e.